The van der Waals surface area contributed by atoms with E-state index in [2.05, 4.69) is 93.7 Å². The van der Waals surface area contributed by atoms with Gasteiger partial charge in [-0.05, 0) is 140 Å². The van der Waals surface area contributed by atoms with E-state index >= 15 is 0 Å². The first-order valence-corrected chi connectivity index (χ1v) is 26.4. The number of fused-ring (bicyclic) bond motifs is 2. The first-order chi connectivity index (χ1) is 31.8. The molecule has 5 aromatic carbocycles. The highest BCUT2D eigenvalue weighted by molar-refractivity contribution is 7.99. The van der Waals surface area contributed by atoms with Gasteiger partial charge in [-0.15, -0.1) is 0 Å². The number of hydrogen-bond donors (Lipinski definition) is 1. The summed E-state index contributed by atoms with van der Waals surface area (Å²) in [5.74, 6) is 3.80. The molecule has 3 aliphatic carbocycles. The second-order valence-corrected chi connectivity index (χ2v) is 21.0. The SMILES string of the molecule is CCCCCCCCC1CCC(c2ccc(-c3ccc(Sc4ccc(Nc5cc(C)c(OCC6CCC(CCCCC)CC6)c(C)c5)c5c4C(=O)c4ccccc4C5=O)cc3)cc2)CC1. The summed E-state index contributed by atoms with van der Waals surface area (Å²) < 4.78 is 6.53. The highest BCUT2D eigenvalue weighted by atomic mass is 32.2. The van der Waals surface area contributed by atoms with Crippen LogP contribution in [0.15, 0.2) is 107 Å². The number of ether oxygens (including phenoxy) is 1. The van der Waals surface area contributed by atoms with Gasteiger partial charge in [0.2, 0.25) is 0 Å². The van der Waals surface area contributed by atoms with Crippen LogP contribution in [0.1, 0.15) is 190 Å². The lowest BCUT2D eigenvalue weighted by Crippen LogP contribution is -2.23. The third-order valence-electron chi connectivity index (χ3n) is 15.0. The minimum Gasteiger partial charge on any atom is -0.493 e. The van der Waals surface area contributed by atoms with Crippen molar-refractivity contribution in [3.63, 3.8) is 0 Å². The third kappa shape index (κ3) is 11.7. The Labute approximate surface area is 395 Å². The zero-order chi connectivity index (χ0) is 45.1. The quantitative estimate of drug-likeness (QED) is 0.0774. The van der Waals surface area contributed by atoms with Crippen LogP contribution in [0.4, 0.5) is 11.4 Å². The molecular weight excluding hydrogens is 815 g/mol. The van der Waals surface area contributed by atoms with Gasteiger partial charge in [0.1, 0.15) is 5.75 Å². The zero-order valence-corrected chi connectivity index (χ0v) is 40.6. The molecule has 342 valence electrons. The van der Waals surface area contributed by atoms with Gasteiger partial charge in [0.15, 0.2) is 11.6 Å². The molecule has 0 saturated heterocycles. The second kappa shape index (κ2) is 22.7. The molecule has 65 heavy (non-hydrogen) atoms. The smallest absolute Gasteiger partial charge is 0.196 e. The maximum absolute atomic E-state index is 14.4. The number of carbonyl (C=O) groups is 2. The van der Waals surface area contributed by atoms with Crippen LogP contribution in [0.3, 0.4) is 0 Å². The van der Waals surface area contributed by atoms with E-state index in [1.165, 1.54) is 139 Å². The van der Waals surface area contributed by atoms with Gasteiger partial charge in [0.05, 0.1) is 17.9 Å². The van der Waals surface area contributed by atoms with E-state index in [-0.39, 0.29) is 11.6 Å². The fourth-order valence-electron chi connectivity index (χ4n) is 11.1. The van der Waals surface area contributed by atoms with Crippen LogP contribution in [-0.4, -0.2) is 18.2 Å². The summed E-state index contributed by atoms with van der Waals surface area (Å²) in [7, 11) is 0. The predicted octanol–water partition coefficient (Wildman–Crippen LogP) is 17.4. The first-order valence-electron chi connectivity index (χ1n) is 25.5. The topological polar surface area (TPSA) is 55.4 Å². The molecule has 0 spiro atoms. The van der Waals surface area contributed by atoms with Crippen LogP contribution >= 0.6 is 11.8 Å². The number of rotatable bonds is 20. The van der Waals surface area contributed by atoms with Gasteiger partial charge in [0, 0.05) is 32.2 Å². The number of aryl methyl sites for hydroxylation is 2. The largest absolute Gasteiger partial charge is 0.493 e. The molecule has 4 nitrogen and oxygen atoms in total. The van der Waals surface area contributed by atoms with Crippen molar-refractivity contribution in [1.82, 2.24) is 0 Å². The molecule has 0 amide bonds. The van der Waals surface area contributed by atoms with Crippen LogP contribution in [0.5, 0.6) is 5.75 Å². The van der Waals surface area contributed by atoms with E-state index in [1.807, 2.05) is 24.3 Å². The summed E-state index contributed by atoms with van der Waals surface area (Å²) in [5, 5.41) is 3.57. The zero-order valence-electron chi connectivity index (χ0n) is 39.8. The molecule has 2 saturated carbocycles. The number of nitrogens with one attached hydrogen (secondary N) is 1. The van der Waals surface area contributed by atoms with Crippen molar-refractivity contribution in [3.8, 4) is 16.9 Å². The molecule has 0 atom stereocenters. The van der Waals surface area contributed by atoms with Gasteiger partial charge in [-0.3, -0.25) is 9.59 Å². The Hall–Kier alpha value is -4.61. The lowest BCUT2D eigenvalue weighted by molar-refractivity contribution is 0.0977. The number of benzene rings is 5. The number of ketones is 2. The van der Waals surface area contributed by atoms with Crippen LogP contribution in [-0.2, 0) is 0 Å². The van der Waals surface area contributed by atoms with Crippen molar-refractivity contribution in [2.75, 3.05) is 11.9 Å². The highest BCUT2D eigenvalue weighted by Crippen LogP contribution is 2.43. The van der Waals surface area contributed by atoms with Crippen molar-refractivity contribution in [3.05, 3.63) is 136 Å². The van der Waals surface area contributed by atoms with Gasteiger partial charge in [-0.25, -0.2) is 0 Å². The molecule has 2 fully saturated rings. The lowest BCUT2D eigenvalue weighted by atomic mass is 9.77. The Morgan fingerprint density at radius 1 is 0.569 bits per heavy atom. The molecule has 0 aliphatic heterocycles. The average molecular weight is 888 g/mol. The average Bonchev–Trinajstić information content (AvgIpc) is 3.33. The first kappa shape index (κ1) is 46.9. The summed E-state index contributed by atoms with van der Waals surface area (Å²) in [5.41, 5.74) is 9.31. The van der Waals surface area contributed by atoms with Crippen molar-refractivity contribution in [1.29, 1.82) is 0 Å². The van der Waals surface area contributed by atoms with Crippen molar-refractivity contribution in [2.45, 2.75) is 165 Å². The molecule has 5 heteroatoms. The third-order valence-corrected chi connectivity index (χ3v) is 16.1. The van der Waals surface area contributed by atoms with Crippen molar-refractivity contribution >= 4 is 34.7 Å². The van der Waals surface area contributed by atoms with E-state index in [0.29, 0.717) is 39.8 Å². The Morgan fingerprint density at radius 3 is 1.72 bits per heavy atom. The summed E-state index contributed by atoms with van der Waals surface area (Å²) in [4.78, 5) is 30.5. The number of anilines is 2. The molecule has 0 radical (unpaired) electrons. The summed E-state index contributed by atoms with van der Waals surface area (Å²) in [6, 6.07) is 33.3. The van der Waals surface area contributed by atoms with Gasteiger partial charge in [0.25, 0.3) is 0 Å². The van der Waals surface area contributed by atoms with Gasteiger partial charge < -0.3 is 10.1 Å². The maximum atomic E-state index is 14.4. The Bertz CT molecular complexity index is 2340. The molecule has 1 N–H and O–H groups in total. The maximum Gasteiger partial charge on any atom is 0.196 e. The van der Waals surface area contributed by atoms with E-state index in [4.69, 9.17) is 4.74 Å². The normalized spacial score (nSPS) is 19.4. The van der Waals surface area contributed by atoms with Gasteiger partial charge in [-0.2, -0.15) is 0 Å². The molecule has 0 heterocycles. The monoisotopic (exact) mass is 888 g/mol. The summed E-state index contributed by atoms with van der Waals surface area (Å²) >= 11 is 1.54. The highest BCUT2D eigenvalue weighted by Gasteiger charge is 2.34. The number of carbonyl (C=O) groups excluding carboxylic acids is 2. The van der Waals surface area contributed by atoms with Crippen LogP contribution < -0.4 is 10.1 Å². The Morgan fingerprint density at radius 2 is 1.09 bits per heavy atom. The minimum atomic E-state index is -0.131. The van der Waals surface area contributed by atoms with Crippen molar-refractivity contribution < 1.29 is 14.3 Å². The molecule has 3 aliphatic rings. The summed E-state index contributed by atoms with van der Waals surface area (Å²) in [6.07, 6.45) is 25.7. The summed E-state index contributed by atoms with van der Waals surface area (Å²) in [6.45, 7) is 9.54. The molecule has 8 rings (SSSR count). The van der Waals surface area contributed by atoms with Crippen LogP contribution in [0, 0.1) is 31.6 Å². The minimum absolute atomic E-state index is 0.115. The van der Waals surface area contributed by atoms with E-state index in [9.17, 15) is 9.59 Å². The Balaban J connectivity index is 0.923. The second-order valence-electron chi connectivity index (χ2n) is 19.8. The van der Waals surface area contributed by atoms with E-state index < -0.39 is 0 Å². The molecule has 0 bridgehead atoms. The van der Waals surface area contributed by atoms with E-state index in [1.54, 1.807) is 23.9 Å². The molecular formula is C60H73NO3S. The lowest BCUT2D eigenvalue weighted by Gasteiger charge is -2.29. The number of hydrogen-bond acceptors (Lipinski definition) is 5. The number of unbranched alkanes of at least 4 members (excludes halogenated alkanes) is 7. The molecule has 0 unspecified atom stereocenters. The van der Waals surface area contributed by atoms with Crippen LogP contribution in [0.25, 0.3) is 11.1 Å². The molecule has 5 aromatic rings. The Kier molecular flexibility index (Phi) is 16.4. The van der Waals surface area contributed by atoms with E-state index in [0.717, 1.165) is 50.8 Å². The van der Waals surface area contributed by atoms with Gasteiger partial charge >= 0.3 is 0 Å². The van der Waals surface area contributed by atoms with Crippen molar-refractivity contribution in [2.24, 2.45) is 17.8 Å². The standard InChI is InChI=1S/C60H73NO3S/c1-5-7-9-10-11-13-17-44-24-26-46(27-25-44)47-28-30-48(31-29-47)49-32-34-51(35-33-49)65-55-37-36-54(56-57(55)59(63)53-19-15-14-18-52(53)58(56)62)61-50-38-41(3)60(42(4)39-50)64-40-45-22-20-43(21-23-45)16-12-8-6-2/h14-15,18-19,28-39,43-46,61H,5-13,16-17,20-27,40H2,1-4H3. The molecule has 0 aromatic heterocycles. The predicted molar refractivity (Wildman–Crippen MR) is 273 cm³/mol. The fraction of sp³-hybridized carbons (Fsp3) is 0.467. The fourth-order valence-corrected chi connectivity index (χ4v) is 12.1. The van der Waals surface area contributed by atoms with Gasteiger partial charge in [-0.1, -0.05) is 170 Å². The van der Waals surface area contributed by atoms with Crippen LogP contribution in [0.2, 0.25) is 0 Å².